The third-order valence-electron chi connectivity index (χ3n) is 2.42. The molecule has 0 bridgehead atoms. The molecule has 0 aliphatic carbocycles. The molecule has 2 aromatic rings. The Morgan fingerprint density at radius 1 is 1.55 bits per heavy atom. The van der Waals surface area contributed by atoms with Crippen LogP contribution in [0.15, 0.2) is 10.5 Å². The Kier molecular flexibility index (Phi) is 5.48. The van der Waals surface area contributed by atoms with Crippen LogP contribution >= 0.6 is 23.1 Å². The highest BCUT2D eigenvalue weighted by Gasteiger charge is 2.12. The first-order valence-corrected chi connectivity index (χ1v) is 7.98. The van der Waals surface area contributed by atoms with Gasteiger partial charge in [-0.25, -0.2) is 9.67 Å². The second-order valence-corrected chi connectivity index (χ2v) is 5.85. The van der Waals surface area contributed by atoms with E-state index in [1.807, 2.05) is 5.38 Å². The second-order valence-electron chi connectivity index (χ2n) is 3.97. The highest BCUT2D eigenvalue weighted by Crippen LogP contribution is 2.21. The van der Waals surface area contributed by atoms with E-state index in [0.717, 1.165) is 23.5 Å². The summed E-state index contributed by atoms with van der Waals surface area (Å²) >= 11 is 3.13. The lowest BCUT2D eigenvalue weighted by Crippen LogP contribution is -2.13. The van der Waals surface area contributed by atoms with Crippen molar-refractivity contribution >= 4 is 29.1 Å². The fourth-order valence-corrected chi connectivity index (χ4v) is 3.24. The summed E-state index contributed by atoms with van der Waals surface area (Å²) in [5, 5.41) is 15.0. The molecular formula is C11H15N5O2S2. The number of nitrogens with zero attached hydrogens (tertiary/aromatic N) is 5. The fourth-order valence-electron chi connectivity index (χ4n) is 1.47. The monoisotopic (exact) mass is 313 g/mol. The molecule has 0 aromatic carbocycles. The number of hydrogen-bond donors (Lipinski definition) is 0. The van der Waals surface area contributed by atoms with Gasteiger partial charge in [-0.05, 0) is 23.3 Å². The second kappa shape index (κ2) is 7.34. The van der Waals surface area contributed by atoms with E-state index in [1.54, 1.807) is 11.3 Å². The van der Waals surface area contributed by atoms with Crippen molar-refractivity contribution in [1.82, 2.24) is 25.2 Å². The highest BCUT2D eigenvalue weighted by atomic mass is 32.2. The largest absolute Gasteiger partial charge is 0.468 e. The number of thiazole rings is 1. The molecule has 0 aliphatic rings. The molecule has 0 spiro atoms. The molecule has 20 heavy (non-hydrogen) atoms. The van der Waals surface area contributed by atoms with Crippen molar-refractivity contribution in [3.8, 4) is 0 Å². The number of carbonyl (C=O) groups is 1. The number of rotatable bonds is 7. The minimum Gasteiger partial charge on any atom is -0.468 e. The van der Waals surface area contributed by atoms with Crippen LogP contribution in [0.2, 0.25) is 0 Å². The quantitative estimate of drug-likeness (QED) is 0.566. The zero-order valence-corrected chi connectivity index (χ0v) is 12.9. The predicted octanol–water partition coefficient (Wildman–Crippen LogP) is 1.55. The maximum Gasteiger partial charge on any atom is 0.327 e. The Balaban J connectivity index is 1.93. The molecule has 2 aromatic heterocycles. The Morgan fingerprint density at radius 3 is 3.15 bits per heavy atom. The molecule has 0 atom stereocenters. The first kappa shape index (κ1) is 14.9. The number of methoxy groups -OCH3 is 1. The van der Waals surface area contributed by atoms with Gasteiger partial charge < -0.3 is 4.74 Å². The number of aryl methyl sites for hydroxylation is 1. The van der Waals surface area contributed by atoms with Crippen molar-refractivity contribution in [2.45, 2.75) is 37.2 Å². The zero-order valence-electron chi connectivity index (χ0n) is 11.3. The molecule has 0 saturated carbocycles. The topological polar surface area (TPSA) is 82.8 Å². The van der Waals surface area contributed by atoms with Crippen molar-refractivity contribution < 1.29 is 9.53 Å². The lowest BCUT2D eigenvalue weighted by atomic mass is 10.3. The fraction of sp³-hybridized carbons (Fsp3) is 0.545. The van der Waals surface area contributed by atoms with Gasteiger partial charge >= 0.3 is 5.97 Å². The lowest BCUT2D eigenvalue weighted by molar-refractivity contribution is -0.141. The SMILES string of the molecule is CCCc1nc(CSc2nnnn2CC(=O)OC)cs1. The molecule has 0 unspecified atom stereocenters. The summed E-state index contributed by atoms with van der Waals surface area (Å²) in [6.07, 6.45) is 2.10. The molecule has 0 radical (unpaired) electrons. The van der Waals surface area contributed by atoms with E-state index in [1.165, 1.54) is 23.6 Å². The summed E-state index contributed by atoms with van der Waals surface area (Å²) in [5.74, 6) is 0.305. The zero-order chi connectivity index (χ0) is 14.4. The Bertz CT molecular complexity index is 569. The molecule has 0 amide bonds. The van der Waals surface area contributed by atoms with E-state index in [9.17, 15) is 4.79 Å². The summed E-state index contributed by atoms with van der Waals surface area (Å²) in [4.78, 5) is 15.8. The molecule has 0 fully saturated rings. The van der Waals surface area contributed by atoms with Gasteiger partial charge in [-0.3, -0.25) is 4.79 Å². The Morgan fingerprint density at radius 2 is 2.40 bits per heavy atom. The predicted molar refractivity (Wildman–Crippen MR) is 75.5 cm³/mol. The number of aromatic nitrogens is 5. The number of esters is 1. The lowest BCUT2D eigenvalue weighted by Gasteiger charge is -2.01. The van der Waals surface area contributed by atoms with Gasteiger partial charge in [0, 0.05) is 11.1 Å². The standard InChI is InChI=1S/C11H15N5O2S2/c1-3-4-9-12-8(6-19-9)7-20-11-13-14-15-16(11)5-10(17)18-2/h6H,3-5,7H2,1-2H3. The van der Waals surface area contributed by atoms with E-state index in [4.69, 9.17) is 0 Å². The van der Waals surface area contributed by atoms with Crippen molar-refractivity contribution in [3.63, 3.8) is 0 Å². The summed E-state index contributed by atoms with van der Waals surface area (Å²) < 4.78 is 6.02. The third-order valence-corrected chi connectivity index (χ3v) is 4.37. The first-order valence-electron chi connectivity index (χ1n) is 6.12. The molecule has 9 heteroatoms. The van der Waals surface area contributed by atoms with Crippen molar-refractivity contribution in [2.75, 3.05) is 7.11 Å². The van der Waals surface area contributed by atoms with Gasteiger partial charge in [-0.2, -0.15) is 0 Å². The van der Waals surface area contributed by atoms with Gasteiger partial charge in [0.05, 0.1) is 17.8 Å². The number of carbonyl (C=O) groups excluding carboxylic acids is 1. The normalized spacial score (nSPS) is 10.7. The first-order chi connectivity index (χ1) is 9.72. The smallest absolute Gasteiger partial charge is 0.327 e. The van der Waals surface area contributed by atoms with E-state index in [2.05, 4.69) is 32.2 Å². The number of ether oxygens (including phenoxy) is 1. The van der Waals surface area contributed by atoms with Crippen LogP contribution in [0.5, 0.6) is 0 Å². The van der Waals surface area contributed by atoms with Crippen molar-refractivity contribution in [1.29, 1.82) is 0 Å². The maximum absolute atomic E-state index is 11.2. The number of hydrogen-bond acceptors (Lipinski definition) is 8. The maximum atomic E-state index is 11.2. The average Bonchev–Trinajstić information content (AvgIpc) is 3.06. The van der Waals surface area contributed by atoms with Gasteiger partial charge in [0.25, 0.3) is 0 Å². The molecule has 7 nitrogen and oxygen atoms in total. The van der Waals surface area contributed by atoms with Crippen LogP contribution in [0.25, 0.3) is 0 Å². The summed E-state index contributed by atoms with van der Waals surface area (Å²) in [6, 6.07) is 0. The van der Waals surface area contributed by atoms with Crippen LogP contribution in [0, 0.1) is 0 Å². The van der Waals surface area contributed by atoms with Crippen LogP contribution in [0.3, 0.4) is 0 Å². The molecule has 0 aliphatic heterocycles. The Hall–Kier alpha value is -1.48. The van der Waals surface area contributed by atoms with Crippen molar-refractivity contribution in [2.24, 2.45) is 0 Å². The van der Waals surface area contributed by atoms with Crippen LogP contribution < -0.4 is 0 Å². The number of tetrazole rings is 1. The Labute approximate surface area is 124 Å². The molecule has 2 heterocycles. The molecule has 108 valence electrons. The van der Waals surface area contributed by atoms with Gasteiger partial charge in [-0.15, -0.1) is 16.4 Å². The van der Waals surface area contributed by atoms with Gasteiger partial charge in [0.1, 0.15) is 6.54 Å². The third kappa shape index (κ3) is 4.01. The summed E-state index contributed by atoms with van der Waals surface area (Å²) in [6.45, 7) is 2.15. The van der Waals surface area contributed by atoms with E-state index < -0.39 is 0 Å². The van der Waals surface area contributed by atoms with Crippen LogP contribution in [-0.2, 0) is 28.2 Å². The molecule has 0 saturated heterocycles. The molecule has 0 N–H and O–H groups in total. The minimum atomic E-state index is -0.377. The van der Waals surface area contributed by atoms with Gasteiger partial charge in [0.15, 0.2) is 0 Å². The number of thioether (sulfide) groups is 1. The van der Waals surface area contributed by atoms with Crippen LogP contribution in [0.4, 0.5) is 0 Å². The van der Waals surface area contributed by atoms with Crippen LogP contribution in [0.1, 0.15) is 24.0 Å². The summed E-state index contributed by atoms with van der Waals surface area (Å²) in [7, 11) is 1.34. The van der Waals surface area contributed by atoms with Gasteiger partial charge in [0.2, 0.25) is 5.16 Å². The van der Waals surface area contributed by atoms with E-state index in [0.29, 0.717) is 10.9 Å². The van der Waals surface area contributed by atoms with Crippen molar-refractivity contribution in [3.05, 3.63) is 16.1 Å². The minimum absolute atomic E-state index is 0.0178. The molecular weight excluding hydrogens is 298 g/mol. The highest BCUT2D eigenvalue weighted by molar-refractivity contribution is 7.98. The summed E-state index contributed by atoms with van der Waals surface area (Å²) in [5.41, 5.74) is 1.01. The van der Waals surface area contributed by atoms with E-state index in [-0.39, 0.29) is 12.5 Å². The average molecular weight is 313 g/mol. The van der Waals surface area contributed by atoms with Crippen LogP contribution in [-0.4, -0.2) is 38.3 Å². The van der Waals surface area contributed by atoms with Gasteiger partial charge in [-0.1, -0.05) is 18.7 Å². The van der Waals surface area contributed by atoms with E-state index >= 15 is 0 Å². The molecule has 2 rings (SSSR count).